The number of hydrogen-bond donors (Lipinski definition) is 1. The molecular weight excluding hydrogens is 375 g/mol. The maximum absolute atomic E-state index is 14.6. The van der Waals surface area contributed by atoms with E-state index in [0.717, 1.165) is 21.8 Å². The van der Waals surface area contributed by atoms with Crippen molar-refractivity contribution in [3.63, 3.8) is 0 Å². The van der Waals surface area contributed by atoms with E-state index in [4.69, 9.17) is 17.3 Å². The first-order valence-electron chi connectivity index (χ1n) is 9.16. The summed E-state index contributed by atoms with van der Waals surface area (Å²) >= 11 is 5.98. The number of nitrogens with zero attached hydrogens (tertiary/aromatic N) is 1. The number of rotatable bonds is 4. The van der Waals surface area contributed by atoms with Gasteiger partial charge in [0.2, 0.25) is 5.91 Å². The van der Waals surface area contributed by atoms with Crippen LogP contribution >= 0.6 is 11.6 Å². The van der Waals surface area contributed by atoms with Crippen LogP contribution in [0.2, 0.25) is 5.02 Å². The van der Waals surface area contributed by atoms with Crippen molar-refractivity contribution < 1.29 is 9.18 Å². The Bertz CT molecular complexity index is 1230. The molecule has 0 aliphatic rings. The summed E-state index contributed by atoms with van der Waals surface area (Å²) in [4.78, 5) is 12.0. The Morgan fingerprint density at radius 1 is 1.11 bits per heavy atom. The molecule has 5 heteroatoms. The lowest BCUT2D eigenvalue weighted by molar-refractivity contribution is 0.100. The van der Waals surface area contributed by atoms with Crippen LogP contribution in [0.1, 0.15) is 41.3 Å². The Kier molecular flexibility index (Phi) is 4.60. The number of carbonyl (C=O) groups excluding carboxylic acids is 1. The van der Waals surface area contributed by atoms with E-state index in [1.807, 2.05) is 16.7 Å². The van der Waals surface area contributed by atoms with Crippen LogP contribution in [-0.4, -0.2) is 10.5 Å². The van der Waals surface area contributed by atoms with Gasteiger partial charge < -0.3 is 10.3 Å². The highest BCUT2D eigenvalue weighted by molar-refractivity contribution is 6.30. The van der Waals surface area contributed by atoms with Crippen LogP contribution in [0.15, 0.2) is 54.6 Å². The van der Waals surface area contributed by atoms with E-state index in [2.05, 4.69) is 26.0 Å². The fourth-order valence-electron chi connectivity index (χ4n) is 3.74. The number of primary amides is 1. The molecule has 0 saturated heterocycles. The molecule has 0 unspecified atom stereocenters. The van der Waals surface area contributed by atoms with Gasteiger partial charge in [0.05, 0.1) is 17.1 Å². The van der Waals surface area contributed by atoms with E-state index in [9.17, 15) is 9.18 Å². The van der Waals surface area contributed by atoms with Crippen molar-refractivity contribution in [2.45, 2.75) is 26.3 Å². The van der Waals surface area contributed by atoms with Crippen molar-refractivity contribution in [3.05, 3.63) is 82.1 Å². The standard InChI is InChI=1S/C23H20ClFN2O/c1-13(2)14-9-10-16-20(11-14)27(12-15-5-3-7-18(24)22(15)25)19-8-4-6-17(21(16)19)23(26)28/h3-11,13H,12H2,1-2H3,(H2,26,28). The zero-order chi connectivity index (χ0) is 20.0. The fourth-order valence-corrected chi connectivity index (χ4v) is 3.93. The predicted molar refractivity (Wildman–Crippen MR) is 113 cm³/mol. The average Bonchev–Trinajstić information content (AvgIpc) is 2.98. The molecular formula is C23H20ClFN2O. The monoisotopic (exact) mass is 394 g/mol. The third-order valence-electron chi connectivity index (χ3n) is 5.21. The zero-order valence-electron chi connectivity index (χ0n) is 15.7. The first-order valence-corrected chi connectivity index (χ1v) is 9.54. The normalized spacial score (nSPS) is 11.6. The largest absolute Gasteiger partial charge is 0.366 e. The lowest BCUT2D eigenvalue weighted by atomic mass is 10.00. The summed E-state index contributed by atoms with van der Waals surface area (Å²) in [5, 5.41) is 1.82. The summed E-state index contributed by atoms with van der Waals surface area (Å²) < 4.78 is 16.6. The third kappa shape index (κ3) is 2.94. The van der Waals surface area contributed by atoms with Crippen LogP contribution in [-0.2, 0) is 6.54 Å². The van der Waals surface area contributed by atoms with Gasteiger partial charge in [-0.25, -0.2) is 4.39 Å². The van der Waals surface area contributed by atoms with E-state index in [0.29, 0.717) is 23.6 Å². The molecule has 3 aromatic carbocycles. The average molecular weight is 395 g/mol. The molecule has 0 aliphatic carbocycles. The SMILES string of the molecule is CC(C)c1ccc2c3c(C(N)=O)cccc3n(Cc3cccc(Cl)c3F)c2c1. The number of amides is 1. The highest BCUT2D eigenvalue weighted by atomic mass is 35.5. The molecule has 4 aromatic rings. The second kappa shape index (κ2) is 6.95. The molecule has 0 aliphatic heterocycles. The Morgan fingerprint density at radius 2 is 1.86 bits per heavy atom. The number of fused-ring (bicyclic) bond motifs is 3. The quantitative estimate of drug-likeness (QED) is 0.463. The second-order valence-corrected chi connectivity index (χ2v) is 7.70. The van der Waals surface area contributed by atoms with Crippen LogP contribution in [0.25, 0.3) is 21.8 Å². The molecule has 1 aromatic heterocycles. The minimum Gasteiger partial charge on any atom is -0.366 e. The highest BCUT2D eigenvalue weighted by Gasteiger charge is 2.18. The summed E-state index contributed by atoms with van der Waals surface area (Å²) in [5.74, 6) is -0.564. The first kappa shape index (κ1) is 18.5. The topological polar surface area (TPSA) is 48.0 Å². The van der Waals surface area contributed by atoms with Crippen LogP contribution in [0, 0.1) is 5.82 Å². The van der Waals surface area contributed by atoms with Gasteiger partial charge in [0.15, 0.2) is 0 Å². The van der Waals surface area contributed by atoms with E-state index in [1.165, 1.54) is 11.6 Å². The summed E-state index contributed by atoms with van der Waals surface area (Å²) in [6.07, 6.45) is 0. The number of nitrogens with two attached hydrogens (primary N) is 1. The van der Waals surface area contributed by atoms with E-state index in [1.54, 1.807) is 24.3 Å². The van der Waals surface area contributed by atoms with Crippen molar-refractivity contribution in [2.75, 3.05) is 0 Å². The first-order chi connectivity index (χ1) is 13.4. The minimum atomic E-state index is -0.480. The molecule has 0 fully saturated rings. The van der Waals surface area contributed by atoms with Crippen molar-refractivity contribution in [2.24, 2.45) is 5.73 Å². The van der Waals surface area contributed by atoms with Crippen LogP contribution < -0.4 is 5.73 Å². The van der Waals surface area contributed by atoms with Crippen molar-refractivity contribution in [1.29, 1.82) is 0 Å². The number of hydrogen-bond acceptors (Lipinski definition) is 1. The van der Waals surface area contributed by atoms with Crippen LogP contribution in [0.5, 0.6) is 0 Å². The fraction of sp³-hybridized carbons (Fsp3) is 0.174. The summed E-state index contributed by atoms with van der Waals surface area (Å²) in [5.41, 5.74) is 9.53. The maximum atomic E-state index is 14.6. The van der Waals surface area contributed by atoms with Gasteiger partial charge >= 0.3 is 0 Å². The molecule has 142 valence electrons. The van der Waals surface area contributed by atoms with Gasteiger partial charge in [-0.3, -0.25) is 4.79 Å². The van der Waals surface area contributed by atoms with E-state index >= 15 is 0 Å². The van der Waals surface area contributed by atoms with Gasteiger partial charge in [0.1, 0.15) is 5.82 Å². The lowest BCUT2D eigenvalue weighted by Crippen LogP contribution is -2.11. The molecule has 0 radical (unpaired) electrons. The molecule has 1 amide bonds. The van der Waals surface area contributed by atoms with Crippen LogP contribution in [0.3, 0.4) is 0 Å². The zero-order valence-corrected chi connectivity index (χ0v) is 16.4. The summed E-state index contributed by atoms with van der Waals surface area (Å²) in [7, 11) is 0. The molecule has 28 heavy (non-hydrogen) atoms. The molecule has 0 bridgehead atoms. The molecule has 3 nitrogen and oxygen atoms in total. The van der Waals surface area contributed by atoms with Crippen LogP contribution in [0.4, 0.5) is 4.39 Å². The van der Waals surface area contributed by atoms with Crippen molar-refractivity contribution in [3.8, 4) is 0 Å². The Morgan fingerprint density at radius 3 is 2.57 bits per heavy atom. The van der Waals surface area contributed by atoms with Gasteiger partial charge in [-0.2, -0.15) is 0 Å². The van der Waals surface area contributed by atoms with Gasteiger partial charge in [0, 0.05) is 27.4 Å². The summed E-state index contributed by atoms with van der Waals surface area (Å²) in [6.45, 7) is 4.55. The molecule has 0 spiro atoms. The lowest BCUT2D eigenvalue weighted by Gasteiger charge is -2.11. The molecule has 0 saturated carbocycles. The van der Waals surface area contributed by atoms with E-state index < -0.39 is 11.7 Å². The number of aromatic nitrogens is 1. The molecule has 1 heterocycles. The van der Waals surface area contributed by atoms with E-state index in [-0.39, 0.29) is 5.02 Å². The van der Waals surface area contributed by atoms with Gasteiger partial charge in [0.25, 0.3) is 0 Å². The third-order valence-corrected chi connectivity index (χ3v) is 5.50. The number of carbonyl (C=O) groups is 1. The maximum Gasteiger partial charge on any atom is 0.249 e. The van der Waals surface area contributed by atoms with Gasteiger partial charge in [-0.05, 0) is 35.7 Å². The highest BCUT2D eigenvalue weighted by Crippen LogP contribution is 2.34. The molecule has 4 rings (SSSR count). The van der Waals surface area contributed by atoms with Gasteiger partial charge in [-0.1, -0.05) is 55.8 Å². The smallest absolute Gasteiger partial charge is 0.249 e. The van der Waals surface area contributed by atoms with Gasteiger partial charge in [-0.15, -0.1) is 0 Å². The Labute approximate surface area is 167 Å². The molecule has 0 atom stereocenters. The van der Waals surface area contributed by atoms with Crippen molar-refractivity contribution >= 4 is 39.3 Å². The Hall–Kier alpha value is -2.85. The number of benzene rings is 3. The molecule has 2 N–H and O–H groups in total. The minimum absolute atomic E-state index is 0.0963. The van der Waals surface area contributed by atoms with Crippen molar-refractivity contribution in [1.82, 2.24) is 4.57 Å². The number of halogens is 2. The second-order valence-electron chi connectivity index (χ2n) is 7.29. The predicted octanol–water partition coefficient (Wildman–Crippen LogP) is 5.86. The Balaban J connectivity index is 2.07. The summed E-state index contributed by atoms with van der Waals surface area (Å²) in [6, 6.07) is 16.6.